The SMILES string of the molecule is O=c1cc(/C(Cl)=C/c2ccc([N+](=O)[O-])cc2)nc2ccc(Br)cn12. The monoisotopic (exact) mass is 405 g/mol. The Kier molecular flexibility index (Phi) is 4.46. The van der Waals surface area contributed by atoms with Crippen LogP contribution in [0.2, 0.25) is 0 Å². The van der Waals surface area contributed by atoms with Crippen LogP contribution in [0.5, 0.6) is 0 Å². The molecule has 0 radical (unpaired) electrons. The summed E-state index contributed by atoms with van der Waals surface area (Å²) in [6.07, 6.45) is 3.23. The molecule has 0 aliphatic carbocycles. The van der Waals surface area contributed by atoms with Crippen LogP contribution in [-0.4, -0.2) is 14.3 Å². The van der Waals surface area contributed by atoms with Gasteiger partial charge < -0.3 is 0 Å². The van der Waals surface area contributed by atoms with E-state index in [2.05, 4.69) is 20.9 Å². The number of hydrogen-bond acceptors (Lipinski definition) is 4. The third-order valence-corrected chi connectivity index (χ3v) is 4.04. The van der Waals surface area contributed by atoms with Gasteiger partial charge in [-0.3, -0.25) is 19.3 Å². The Morgan fingerprint density at radius 3 is 2.62 bits per heavy atom. The van der Waals surface area contributed by atoms with E-state index < -0.39 is 4.92 Å². The Balaban J connectivity index is 2.01. The number of hydrogen-bond donors (Lipinski definition) is 0. The minimum atomic E-state index is -0.473. The van der Waals surface area contributed by atoms with Gasteiger partial charge in [-0.1, -0.05) is 11.6 Å². The fourth-order valence-corrected chi connectivity index (χ4v) is 2.67. The van der Waals surface area contributed by atoms with E-state index in [0.29, 0.717) is 16.9 Å². The van der Waals surface area contributed by atoms with Gasteiger partial charge in [0.1, 0.15) is 5.65 Å². The van der Waals surface area contributed by atoms with Crippen LogP contribution in [0, 0.1) is 10.1 Å². The largest absolute Gasteiger partial charge is 0.269 e. The van der Waals surface area contributed by atoms with Gasteiger partial charge in [-0.15, -0.1) is 0 Å². The molecule has 0 saturated carbocycles. The van der Waals surface area contributed by atoms with Gasteiger partial charge in [0.05, 0.1) is 15.6 Å². The minimum Gasteiger partial charge on any atom is -0.269 e. The van der Waals surface area contributed by atoms with Crippen LogP contribution in [0.3, 0.4) is 0 Å². The minimum absolute atomic E-state index is 0.00377. The number of nitro benzene ring substituents is 1. The average molecular weight is 407 g/mol. The van der Waals surface area contributed by atoms with Crippen molar-refractivity contribution in [2.45, 2.75) is 0 Å². The number of non-ortho nitro benzene ring substituents is 1. The number of aromatic nitrogens is 2. The Bertz CT molecular complexity index is 1030. The lowest BCUT2D eigenvalue weighted by molar-refractivity contribution is -0.384. The molecule has 0 spiro atoms. The maximum atomic E-state index is 12.2. The van der Waals surface area contributed by atoms with Crippen LogP contribution < -0.4 is 5.56 Å². The molecule has 0 unspecified atom stereocenters. The van der Waals surface area contributed by atoms with Crippen molar-refractivity contribution in [3.8, 4) is 0 Å². The van der Waals surface area contributed by atoms with E-state index in [4.69, 9.17) is 11.6 Å². The number of halogens is 2. The van der Waals surface area contributed by atoms with Crippen LogP contribution in [0.15, 0.2) is 57.9 Å². The Morgan fingerprint density at radius 2 is 1.96 bits per heavy atom. The molecule has 2 heterocycles. The van der Waals surface area contributed by atoms with E-state index in [1.807, 2.05) is 0 Å². The Hall–Kier alpha value is -2.51. The van der Waals surface area contributed by atoms with Gasteiger partial charge in [0.2, 0.25) is 0 Å². The summed E-state index contributed by atoms with van der Waals surface area (Å²) in [5.74, 6) is 0. The predicted octanol–water partition coefficient (Wildman–Crippen LogP) is 4.10. The molecule has 0 atom stereocenters. The number of fused-ring (bicyclic) bond motifs is 1. The first kappa shape index (κ1) is 16.4. The van der Waals surface area contributed by atoms with E-state index in [-0.39, 0.29) is 16.3 Å². The van der Waals surface area contributed by atoms with Gasteiger partial charge >= 0.3 is 0 Å². The van der Waals surface area contributed by atoms with E-state index in [1.54, 1.807) is 36.5 Å². The quantitative estimate of drug-likeness (QED) is 0.484. The second-order valence-electron chi connectivity index (χ2n) is 4.90. The first-order chi connectivity index (χ1) is 11.4. The van der Waals surface area contributed by atoms with Crippen molar-refractivity contribution in [1.82, 2.24) is 9.38 Å². The summed E-state index contributed by atoms with van der Waals surface area (Å²) in [6.45, 7) is 0. The van der Waals surface area contributed by atoms with E-state index >= 15 is 0 Å². The zero-order valence-electron chi connectivity index (χ0n) is 12.0. The standard InChI is InChI=1S/C16H9BrClN3O3/c17-11-3-6-15-19-14(8-16(22)20(15)9-11)13(18)7-10-1-4-12(5-2-10)21(23)24/h1-9H/b13-7-. The number of benzene rings is 1. The van der Waals surface area contributed by atoms with E-state index in [1.165, 1.54) is 22.6 Å². The van der Waals surface area contributed by atoms with E-state index in [9.17, 15) is 14.9 Å². The normalized spacial score (nSPS) is 11.7. The first-order valence-corrected chi connectivity index (χ1v) is 7.92. The summed E-state index contributed by atoms with van der Waals surface area (Å²) >= 11 is 9.56. The molecule has 24 heavy (non-hydrogen) atoms. The maximum absolute atomic E-state index is 12.2. The molecule has 0 bridgehead atoms. The number of rotatable bonds is 3. The van der Waals surface area contributed by atoms with Crippen molar-refractivity contribution >= 4 is 50.0 Å². The fourth-order valence-electron chi connectivity index (χ4n) is 2.11. The maximum Gasteiger partial charge on any atom is 0.269 e. The third-order valence-electron chi connectivity index (χ3n) is 3.27. The summed E-state index contributed by atoms with van der Waals surface area (Å²) in [7, 11) is 0. The van der Waals surface area contributed by atoms with Crippen molar-refractivity contribution < 1.29 is 4.92 Å². The molecule has 0 fully saturated rings. The molecule has 0 saturated heterocycles. The molecule has 2 aromatic heterocycles. The van der Waals surface area contributed by atoms with Crippen molar-refractivity contribution in [3.63, 3.8) is 0 Å². The molecule has 3 aromatic rings. The van der Waals surface area contributed by atoms with Gasteiger partial charge in [-0.2, -0.15) is 0 Å². The molecule has 0 N–H and O–H groups in total. The number of nitrogens with zero attached hydrogens (tertiary/aromatic N) is 3. The third kappa shape index (κ3) is 3.37. The lowest BCUT2D eigenvalue weighted by Crippen LogP contribution is -2.14. The van der Waals surface area contributed by atoms with Crippen molar-refractivity contribution in [2.75, 3.05) is 0 Å². The topological polar surface area (TPSA) is 77.5 Å². The second kappa shape index (κ2) is 6.54. The van der Waals surface area contributed by atoms with Crippen molar-refractivity contribution in [2.24, 2.45) is 0 Å². The zero-order valence-corrected chi connectivity index (χ0v) is 14.4. The molecule has 8 heteroatoms. The highest BCUT2D eigenvalue weighted by molar-refractivity contribution is 9.10. The summed E-state index contributed by atoms with van der Waals surface area (Å²) in [4.78, 5) is 26.7. The fraction of sp³-hybridized carbons (Fsp3) is 0. The summed E-state index contributed by atoms with van der Waals surface area (Å²) < 4.78 is 2.17. The van der Waals surface area contributed by atoms with Crippen molar-refractivity contribution in [3.05, 3.63) is 84.9 Å². The highest BCUT2D eigenvalue weighted by Gasteiger charge is 2.07. The number of pyridine rings is 1. The zero-order chi connectivity index (χ0) is 17.3. The molecule has 120 valence electrons. The van der Waals surface area contributed by atoms with E-state index in [0.717, 1.165) is 4.47 Å². The van der Waals surface area contributed by atoms with Gasteiger partial charge in [0.15, 0.2) is 0 Å². The highest BCUT2D eigenvalue weighted by Crippen LogP contribution is 2.22. The van der Waals surface area contributed by atoms with Crippen LogP contribution in [0.4, 0.5) is 5.69 Å². The molecule has 0 amide bonds. The van der Waals surface area contributed by atoms with Crippen LogP contribution in [-0.2, 0) is 0 Å². The van der Waals surface area contributed by atoms with Crippen LogP contribution in [0.1, 0.15) is 11.3 Å². The van der Waals surface area contributed by atoms with Crippen LogP contribution >= 0.6 is 27.5 Å². The Morgan fingerprint density at radius 1 is 1.25 bits per heavy atom. The molecular weight excluding hydrogens is 398 g/mol. The molecule has 3 rings (SSSR count). The Labute approximate surface area is 149 Å². The van der Waals surface area contributed by atoms with Gasteiger partial charge in [-0.05, 0) is 51.8 Å². The average Bonchev–Trinajstić information content (AvgIpc) is 2.55. The van der Waals surface area contributed by atoms with Gasteiger partial charge in [-0.25, -0.2) is 4.98 Å². The lowest BCUT2D eigenvalue weighted by Gasteiger charge is -2.04. The highest BCUT2D eigenvalue weighted by atomic mass is 79.9. The molecule has 0 aliphatic rings. The lowest BCUT2D eigenvalue weighted by atomic mass is 10.2. The summed E-state index contributed by atoms with van der Waals surface area (Å²) in [5.41, 5.74) is 1.21. The summed E-state index contributed by atoms with van der Waals surface area (Å²) in [6, 6.07) is 10.7. The van der Waals surface area contributed by atoms with Gasteiger partial charge in [0, 0.05) is 28.9 Å². The van der Waals surface area contributed by atoms with Gasteiger partial charge in [0.25, 0.3) is 11.2 Å². The molecule has 0 aliphatic heterocycles. The predicted molar refractivity (Wildman–Crippen MR) is 96.0 cm³/mol. The molecule has 1 aromatic carbocycles. The molecular formula is C16H9BrClN3O3. The van der Waals surface area contributed by atoms with Crippen LogP contribution in [0.25, 0.3) is 16.8 Å². The number of nitro groups is 1. The molecule has 6 nitrogen and oxygen atoms in total. The first-order valence-electron chi connectivity index (χ1n) is 6.75. The smallest absolute Gasteiger partial charge is 0.269 e. The second-order valence-corrected chi connectivity index (χ2v) is 6.22. The summed E-state index contributed by atoms with van der Waals surface area (Å²) in [5, 5.41) is 10.9. The van der Waals surface area contributed by atoms with Crippen molar-refractivity contribution in [1.29, 1.82) is 0 Å².